The van der Waals surface area contributed by atoms with Gasteiger partial charge in [0.25, 0.3) is 0 Å². The maximum Gasteiger partial charge on any atom is 0.338 e. The average Bonchev–Trinajstić information content (AvgIpc) is 2.60. The van der Waals surface area contributed by atoms with E-state index < -0.39 is 6.03 Å². The summed E-state index contributed by atoms with van der Waals surface area (Å²) in [5.74, 6) is 1.12. The lowest BCUT2D eigenvalue weighted by Crippen LogP contribution is -2.48. The molecule has 0 aliphatic heterocycles. The SMILES string of the molecule is COc1cccc(NC(=O)NN(CC(C)(C)C)c2ccnc(C#N)n2)c1. The summed E-state index contributed by atoms with van der Waals surface area (Å²) in [4.78, 5) is 20.4. The summed E-state index contributed by atoms with van der Waals surface area (Å²) in [6.07, 6.45) is 1.48. The molecule has 0 atom stereocenters. The third kappa shape index (κ3) is 5.63. The Kier molecular flexibility index (Phi) is 5.96. The Morgan fingerprint density at radius 2 is 2.12 bits per heavy atom. The molecule has 0 radical (unpaired) electrons. The highest BCUT2D eigenvalue weighted by Crippen LogP contribution is 2.19. The Morgan fingerprint density at radius 3 is 2.77 bits per heavy atom. The van der Waals surface area contributed by atoms with Gasteiger partial charge in [0.15, 0.2) is 5.82 Å². The summed E-state index contributed by atoms with van der Waals surface area (Å²) in [5.41, 5.74) is 3.24. The van der Waals surface area contributed by atoms with E-state index in [4.69, 9.17) is 10.00 Å². The van der Waals surface area contributed by atoms with Crippen molar-refractivity contribution in [2.24, 2.45) is 5.41 Å². The topological polar surface area (TPSA) is 103 Å². The highest BCUT2D eigenvalue weighted by atomic mass is 16.5. The van der Waals surface area contributed by atoms with Gasteiger partial charge >= 0.3 is 6.03 Å². The Hall–Kier alpha value is -3.34. The molecule has 0 aliphatic carbocycles. The lowest BCUT2D eigenvalue weighted by Gasteiger charge is -2.30. The fraction of sp³-hybridized carbons (Fsp3) is 0.333. The maximum atomic E-state index is 12.4. The fourth-order valence-electron chi connectivity index (χ4n) is 2.19. The van der Waals surface area contributed by atoms with Gasteiger partial charge in [-0.2, -0.15) is 10.2 Å². The predicted molar refractivity (Wildman–Crippen MR) is 98.7 cm³/mol. The average molecular weight is 354 g/mol. The largest absolute Gasteiger partial charge is 0.497 e. The van der Waals surface area contributed by atoms with Crippen LogP contribution in [0.3, 0.4) is 0 Å². The number of hydrogen-bond acceptors (Lipinski definition) is 6. The molecule has 136 valence electrons. The normalized spacial score (nSPS) is 10.6. The van der Waals surface area contributed by atoms with Crippen molar-refractivity contribution in [2.45, 2.75) is 20.8 Å². The first-order valence-electron chi connectivity index (χ1n) is 8.03. The fourth-order valence-corrected chi connectivity index (χ4v) is 2.19. The van der Waals surface area contributed by atoms with E-state index in [1.54, 1.807) is 42.5 Å². The number of carbonyl (C=O) groups excluding carboxylic acids is 1. The number of ether oxygens (including phenoxy) is 1. The Labute approximate surface area is 152 Å². The van der Waals surface area contributed by atoms with Crippen LogP contribution < -0.4 is 20.5 Å². The molecule has 0 spiro atoms. The van der Waals surface area contributed by atoms with Crippen LogP contribution in [0.25, 0.3) is 0 Å². The van der Waals surface area contributed by atoms with Crippen LogP contribution in [-0.4, -0.2) is 29.7 Å². The molecule has 8 heteroatoms. The van der Waals surface area contributed by atoms with E-state index in [9.17, 15) is 4.79 Å². The van der Waals surface area contributed by atoms with Gasteiger partial charge in [0, 0.05) is 30.6 Å². The molecule has 8 nitrogen and oxygen atoms in total. The van der Waals surface area contributed by atoms with Crippen molar-refractivity contribution in [2.75, 3.05) is 24.0 Å². The monoisotopic (exact) mass is 354 g/mol. The Balaban J connectivity index is 2.17. The van der Waals surface area contributed by atoms with E-state index in [1.807, 2.05) is 26.8 Å². The first-order valence-corrected chi connectivity index (χ1v) is 8.03. The van der Waals surface area contributed by atoms with Crippen molar-refractivity contribution in [3.63, 3.8) is 0 Å². The minimum atomic E-state index is -0.431. The third-order valence-electron chi connectivity index (χ3n) is 3.21. The van der Waals surface area contributed by atoms with Gasteiger partial charge in [-0.05, 0) is 17.5 Å². The summed E-state index contributed by atoms with van der Waals surface area (Å²) in [6, 6.07) is 10.2. The summed E-state index contributed by atoms with van der Waals surface area (Å²) in [7, 11) is 1.56. The van der Waals surface area contributed by atoms with Crippen molar-refractivity contribution in [1.29, 1.82) is 5.26 Å². The number of rotatable bonds is 5. The molecule has 26 heavy (non-hydrogen) atoms. The standard InChI is InChI=1S/C18H22N6O2/c1-18(2,3)12-24(16-8-9-20-15(11-19)22-16)23-17(25)21-13-6-5-7-14(10-13)26-4/h5-10H,12H2,1-4H3,(H2,21,23,25). The number of nitriles is 1. The van der Waals surface area contributed by atoms with Gasteiger partial charge in [-0.25, -0.2) is 15.2 Å². The molecule has 0 bridgehead atoms. The number of amides is 2. The second-order valence-electron chi connectivity index (χ2n) is 6.79. The van der Waals surface area contributed by atoms with Gasteiger partial charge in [0.2, 0.25) is 5.82 Å². The van der Waals surface area contributed by atoms with Crippen LogP contribution in [0.1, 0.15) is 26.6 Å². The lowest BCUT2D eigenvalue weighted by atomic mass is 9.97. The number of nitrogens with zero attached hydrogens (tertiary/aromatic N) is 4. The molecule has 0 saturated carbocycles. The number of methoxy groups -OCH3 is 1. The number of aromatic nitrogens is 2. The summed E-state index contributed by atoms with van der Waals surface area (Å²) in [6.45, 7) is 6.59. The van der Waals surface area contributed by atoms with Crippen LogP contribution in [0.15, 0.2) is 36.5 Å². The number of hydrogen-bond donors (Lipinski definition) is 2. The molecule has 0 aliphatic rings. The van der Waals surface area contributed by atoms with E-state index in [0.717, 1.165) is 0 Å². The van der Waals surface area contributed by atoms with Crippen LogP contribution in [0, 0.1) is 16.7 Å². The Morgan fingerprint density at radius 1 is 1.35 bits per heavy atom. The van der Waals surface area contributed by atoms with Gasteiger partial charge in [-0.1, -0.05) is 26.8 Å². The second-order valence-corrected chi connectivity index (χ2v) is 6.79. The Bertz CT molecular complexity index is 810. The first-order chi connectivity index (χ1) is 12.3. The first kappa shape index (κ1) is 19.0. The molecule has 2 N–H and O–H groups in total. The van der Waals surface area contributed by atoms with Crippen LogP contribution >= 0.6 is 0 Å². The zero-order valence-corrected chi connectivity index (χ0v) is 15.3. The zero-order valence-electron chi connectivity index (χ0n) is 15.3. The smallest absolute Gasteiger partial charge is 0.338 e. The van der Waals surface area contributed by atoms with Crippen molar-refractivity contribution < 1.29 is 9.53 Å². The van der Waals surface area contributed by atoms with Crippen LogP contribution in [0.2, 0.25) is 0 Å². The van der Waals surface area contributed by atoms with Crippen molar-refractivity contribution in [3.05, 3.63) is 42.4 Å². The molecule has 2 amide bonds. The van der Waals surface area contributed by atoms with Crippen LogP contribution in [0.5, 0.6) is 5.75 Å². The maximum absolute atomic E-state index is 12.4. The van der Waals surface area contributed by atoms with Gasteiger partial charge < -0.3 is 10.1 Å². The molecule has 1 aromatic carbocycles. The van der Waals surface area contributed by atoms with Crippen molar-refractivity contribution in [1.82, 2.24) is 15.4 Å². The van der Waals surface area contributed by atoms with Crippen molar-refractivity contribution in [3.8, 4) is 11.8 Å². The van der Waals surface area contributed by atoms with Gasteiger partial charge in [0.1, 0.15) is 11.8 Å². The highest BCUT2D eigenvalue weighted by Gasteiger charge is 2.20. The third-order valence-corrected chi connectivity index (χ3v) is 3.21. The van der Waals surface area contributed by atoms with Gasteiger partial charge in [-0.3, -0.25) is 5.01 Å². The number of anilines is 2. The number of hydrazine groups is 1. The number of urea groups is 1. The number of carbonyl (C=O) groups is 1. The molecule has 2 aromatic rings. The van der Waals surface area contributed by atoms with E-state index in [-0.39, 0.29) is 11.2 Å². The summed E-state index contributed by atoms with van der Waals surface area (Å²) in [5, 5.41) is 13.3. The minimum Gasteiger partial charge on any atom is -0.497 e. The van der Waals surface area contributed by atoms with Crippen LogP contribution in [-0.2, 0) is 0 Å². The molecule has 0 fully saturated rings. The summed E-state index contributed by atoms with van der Waals surface area (Å²) < 4.78 is 5.15. The van der Waals surface area contributed by atoms with E-state index in [1.165, 1.54) is 6.20 Å². The zero-order chi connectivity index (χ0) is 19.2. The molecular formula is C18H22N6O2. The number of benzene rings is 1. The molecule has 1 heterocycles. The predicted octanol–water partition coefficient (Wildman–Crippen LogP) is 2.95. The van der Waals surface area contributed by atoms with Crippen molar-refractivity contribution >= 4 is 17.5 Å². The van der Waals surface area contributed by atoms with Crippen LogP contribution in [0.4, 0.5) is 16.3 Å². The highest BCUT2D eigenvalue weighted by molar-refractivity contribution is 5.90. The molecule has 0 unspecified atom stereocenters. The molecule has 1 aromatic heterocycles. The van der Waals surface area contributed by atoms with E-state index in [2.05, 4.69) is 20.7 Å². The van der Waals surface area contributed by atoms with E-state index in [0.29, 0.717) is 23.8 Å². The van der Waals surface area contributed by atoms with E-state index >= 15 is 0 Å². The van der Waals surface area contributed by atoms with Gasteiger partial charge in [0.05, 0.1) is 7.11 Å². The molecular weight excluding hydrogens is 332 g/mol. The lowest BCUT2D eigenvalue weighted by molar-refractivity contribution is 0.249. The quantitative estimate of drug-likeness (QED) is 0.800. The molecule has 0 saturated heterocycles. The van der Waals surface area contributed by atoms with Gasteiger partial charge in [-0.15, -0.1) is 0 Å². The minimum absolute atomic E-state index is 0.0383. The number of nitrogens with one attached hydrogen (secondary N) is 2. The molecule has 2 rings (SSSR count). The second kappa shape index (κ2) is 8.16. The summed E-state index contributed by atoms with van der Waals surface area (Å²) >= 11 is 0.